The second kappa shape index (κ2) is 4.05. The van der Waals surface area contributed by atoms with Gasteiger partial charge in [-0.25, -0.2) is 0 Å². The Balaban J connectivity index is 1.88. The lowest BCUT2D eigenvalue weighted by molar-refractivity contribution is -0.205. The van der Waals surface area contributed by atoms with E-state index in [1.165, 1.54) is 0 Å². The average molecular weight is 297 g/mol. The summed E-state index contributed by atoms with van der Waals surface area (Å²) >= 11 is 3.24. The summed E-state index contributed by atoms with van der Waals surface area (Å²) in [6, 6.07) is 1.86. The molecule has 16 heavy (non-hydrogen) atoms. The number of rotatable bonds is 2. The van der Waals surface area contributed by atoms with Crippen LogP contribution in [0.25, 0.3) is 0 Å². The van der Waals surface area contributed by atoms with Gasteiger partial charge in [0.2, 0.25) is 0 Å². The van der Waals surface area contributed by atoms with Crippen LogP contribution in [0.4, 0.5) is 13.2 Å². The van der Waals surface area contributed by atoms with Crippen molar-refractivity contribution in [2.75, 3.05) is 0 Å². The third-order valence-electron chi connectivity index (χ3n) is 3.08. The highest BCUT2D eigenvalue weighted by molar-refractivity contribution is 9.10. The normalized spacial score (nSPS) is 25.6. The van der Waals surface area contributed by atoms with Gasteiger partial charge in [0, 0.05) is 12.2 Å². The molecule has 1 fully saturated rings. The molecule has 0 aliphatic heterocycles. The molecule has 90 valence electrons. The molecule has 1 aromatic rings. The standard InChI is InChI=1S/C10H12BrF3N2/c1-6-2-9(11)15-16(6)5-7-3-8(4-7)10(12,13)14/h2,7-8H,3-5H2,1H3. The van der Waals surface area contributed by atoms with E-state index in [0.29, 0.717) is 6.54 Å². The molecule has 0 radical (unpaired) electrons. The Labute approximate surface area is 100.0 Å². The maximum atomic E-state index is 12.3. The summed E-state index contributed by atoms with van der Waals surface area (Å²) in [6.07, 6.45) is -3.54. The van der Waals surface area contributed by atoms with Gasteiger partial charge in [0.25, 0.3) is 0 Å². The van der Waals surface area contributed by atoms with Gasteiger partial charge >= 0.3 is 6.18 Å². The van der Waals surface area contributed by atoms with E-state index in [1.54, 1.807) is 4.68 Å². The van der Waals surface area contributed by atoms with Crippen molar-refractivity contribution in [3.8, 4) is 0 Å². The van der Waals surface area contributed by atoms with E-state index in [4.69, 9.17) is 0 Å². The largest absolute Gasteiger partial charge is 0.391 e. The first-order valence-electron chi connectivity index (χ1n) is 5.13. The highest BCUT2D eigenvalue weighted by Gasteiger charge is 2.47. The van der Waals surface area contributed by atoms with Crippen LogP contribution in [0.5, 0.6) is 0 Å². The van der Waals surface area contributed by atoms with Gasteiger partial charge in [-0.1, -0.05) is 0 Å². The summed E-state index contributed by atoms with van der Waals surface area (Å²) in [4.78, 5) is 0. The molecule has 0 N–H and O–H groups in total. The van der Waals surface area contributed by atoms with Crippen LogP contribution in [-0.2, 0) is 6.54 Å². The Morgan fingerprint density at radius 3 is 2.56 bits per heavy atom. The fraction of sp³-hybridized carbons (Fsp3) is 0.700. The molecule has 1 heterocycles. The average Bonchev–Trinajstić information content (AvgIpc) is 2.34. The van der Waals surface area contributed by atoms with Gasteiger partial charge in [0.1, 0.15) is 4.60 Å². The van der Waals surface area contributed by atoms with Gasteiger partial charge in [-0.05, 0) is 47.7 Å². The van der Waals surface area contributed by atoms with Crippen LogP contribution in [0.15, 0.2) is 10.7 Å². The molecule has 2 nitrogen and oxygen atoms in total. The van der Waals surface area contributed by atoms with Crippen molar-refractivity contribution >= 4 is 15.9 Å². The molecule has 0 amide bonds. The first-order valence-corrected chi connectivity index (χ1v) is 5.92. The number of hydrogen-bond donors (Lipinski definition) is 0. The molecule has 1 aromatic heterocycles. The third kappa shape index (κ3) is 2.42. The second-order valence-electron chi connectivity index (χ2n) is 4.37. The Morgan fingerprint density at radius 2 is 2.12 bits per heavy atom. The summed E-state index contributed by atoms with van der Waals surface area (Å²) in [6.45, 7) is 2.49. The van der Waals surface area contributed by atoms with Crippen molar-refractivity contribution in [3.05, 3.63) is 16.4 Å². The minimum Gasteiger partial charge on any atom is -0.268 e. The van der Waals surface area contributed by atoms with E-state index in [-0.39, 0.29) is 18.8 Å². The third-order valence-corrected chi connectivity index (χ3v) is 3.47. The lowest BCUT2D eigenvalue weighted by Crippen LogP contribution is -2.37. The van der Waals surface area contributed by atoms with Crippen LogP contribution >= 0.6 is 15.9 Å². The molecular weight excluding hydrogens is 285 g/mol. The summed E-state index contributed by atoms with van der Waals surface area (Å²) in [7, 11) is 0. The number of nitrogens with zero attached hydrogens (tertiary/aromatic N) is 2. The summed E-state index contributed by atoms with van der Waals surface area (Å²) in [5.41, 5.74) is 0.974. The minimum atomic E-state index is -4.02. The fourth-order valence-electron chi connectivity index (χ4n) is 2.05. The SMILES string of the molecule is Cc1cc(Br)nn1CC1CC(C(F)(F)F)C1. The van der Waals surface area contributed by atoms with E-state index in [9.17, 15) is 13.2 Å². The Kier molecular flexibility index (Phi) is 3.03. The number of aryl methyl sites for hydroxylation is 1. The van der Waals surface area contributed by atoms with Crippen LogP contribution in [-0.4, -0.2) is 16.0 Å². The number of halogens is 4. The smallest absolute Gasteiger partial charge is 0.268 e. The predicted octanol–water partition coefficient (Wildman–Crippen LogP) is 3.54. The van der Waals surface area contributed by atoms with Crippen molar-refractivity contribution in [3.63, 3.8) is 0 Å². The maximum absolute atomic E-state index is 12.3. The summed E-state index contributed by atoms with van der Waals surface area (Å²) < 4.78 is 39.3. The lowest BCUT2D eigenvalue weighted by Gasteiger charge is -2.36. The molecule has 0 bridgehead atoms. The summed E-state index contributed by atoms with van der Waals surface area (Å²) in [5, 5.41) is 4.17. The van der Waals surface area contributed by atoms with Crippen LogP contribution < -0.4 is 0 Å². The first kappa shape index (κ1) is 12.0. The van der Waals surface area contributed by atoms with E-state index in [1.807, 2.05) is 13.0 Å². The minimum absolute atomic E-state index is 0.108. The molecule has 2 rings (SSSR count). The van der Waals surface area contributed by atoms with Crippen LogP contribution in [0.3, 0.4) is 0 Å². The molecule has 0 spiro atoms. The van der Waals surface area contributed by atoms with Crippen molar-refractivity contribution < 1.29 is 13.2 Å². The monoisotopic (exact) mass is 296 g/mol. The zero-order valence-corrected chi connectivity index (χ0v) is 10.3. The molecule has 0 unspecified atom stereocenters. The van der Waals surface area contributed by atoms with E-state index < -0.39 is 12.1 Å². The van der Waals surface area contributed by atoms with Gasteiger partial charge in [0.15, 0.2) is 0 Å². The fourth-order valence-corrected chi connectivity index (χ4v) is 2.57. The number of alkyl halides is 3. The van der Waals surface area contributed by atoms with Crippen LogP contribution in [0.1, 0.15) is 18.5 Å². The molecule has 1 aliphatic rings. The van der Waals surface area contributed by atoms with Gasteiger partial charge in [-0.3, -0.25) is 4.68 Å². The van der Waals surface area contributed by atoms with Crippen LogP contribution in [0.2, 0.25) is 0 Å². The van der Waals surface area contributed by atoms with Gasteiger partial charge in [-0.2, -0.15) is 18.3 Å². The lowest BCUT2D eigenvalue weighted by atomic mass is 9.74. The molecule has 1 aliphatic carbocycles. The molecule has 6 heteroatoms. The van der Waals surface area contributed by atoms with E-state index in [0.717, 1.165) is 10.3 Å². The van der Waals surface area contributed by atoms with Crippen molar-refractivity contribution in [1.29, 1.82) is 0 Å². The highest BCUT2D eigenvalue weighted by Crippen LogP contribution is 2.45. The zero-order valence-electron chi connectivity index (χ0n) is 8.76. The topological polar surface area (TPSA) is 17.8 Å². The number of aromatic nitrogens is 2. The van der Waals surface area contributed by atoms with E-state index >= 15 is 0 Å². The van der Waals surface area contributed by atoms with Crippen molar-refractivity contribution in [1.82, 2.24) is 9.78 Å². The van der Waals surface area contributed by atoms with Crippen molar-refractivity contribution in [2.24, 2.45) is 11.8 Å². The Bertz CT molecular complexity index is 380. The molecule has 1 saturated carbocycles. The molecule has 0 saturated heterocycles. The maximum Gasteiger partial charge on any atom is 0.391 e. The Morgan fingerprint density at radius 1 is 1.50 bits per heavy atom. The van der Waals surface area contributed by atoms with Gasteiger partial charge < -0.3 is 0 Å². The second-order valence-corrected chi connectivity index (χ2v) is 5.18. The molecule has 0 aromatic carbocycles. The quantitative estimate of drug-likeness (QED) is 0.816. The highest BCUT2D eigenvalue weighted by atomic mass is 79.9. The van der Waals surface area contributed by atoms with Crippen molar-refractivity contribution in [2.45, 2.75) is 32.5 Å². The van der Waals surface area contributed by atoms with Gasteiger partial charge in [-0.15, -0.1) is 0 Å². The molecular formula is C10H12BrF3N2. The predicted molar refractivity (Wildman–Crippen MR) is 56.9 cm³/mol. The first-order chi connectivity index (χ1) is 7.36. The summed E-state index contributed by atoms with van der Waals surface area (Å²) in [5.74, 6) is -0.992. The Hall–Kier alpha value is -0.520. The zero-order chi connectivity index (χ0) is 11.9. The number of hydrogen-bond acceptors (Lipinski definition) is 1. The molecule has 0 atom stereocenters. The van der Waals surface area contributed by atoms with Crippen LogP contribution in [0, 0.1) is 18.8 Å². The van der Waals surface area contributed by atoms with E-state index in [2.05, 4.69) is 21.0 Å². The van der Waals surface area contributed by atoms with Gasteiger partial charge in [0.05, 0.1) is 5.92 Å².